The van der Waals surface area contributed by atoms with Crippen molar-refractivity contribution in [3.63, 3.8) is 0 Å². The fourth-order valence-electron chi connectivity index (χ4n) is 0.458. The summed E-state index contributed by atoms with van der Waals surface area (Å²) in [4.78, 5) is 0.0515. The first-order valence-corrected chi connectivity index (χ1v) is 3.35. The van der Waals surface area contributed by atoms with Crippen molar-refractivity contribution in [1.82, 2.24) is 0 Å². The van der Waals surface area contributed by atoms with Gasteiger partial charge in [0.15, 0.2) is 5.28 Å². The molecule has 0 aliphatic heterocycles. The fraction of sp³-hybridized carbons (Fsp3) is 1.00. The molecule has 0 heterocycles. The summed E-state index contributed by atoms with van der Waals surface area (Å²) in [5.74, 6) is 0. The van der Waals surface area contributed by atoms with Crippen LogP contribution in [0.15, 0.2) is 5.28 Å². The largest absolute Gasteiger partial charge is 1.00 e. The van der Waals surface area contributed by atoms with E-state index in [2.05, 4.69) is 5.28 Å². The minimum Gasteiger partial charge on any atom is -0.597 e. The summed E-state index contributed by atoms with van der Waals surface area (Å²) in [5, 5.41) is 30.0. The van der Waals surface area contributed by atoms with E-state index >= 15 is 0 Å². The molecule has 76 valence electrons. The molecule has 1 unspecified atom stereocenters. The van der Waals surface area contributed by atoms with E-state index in [4.69, 9.17) is 5.21 Å². The molecule has 2 N–H and O–H groups in total. The molecule has 0 saturated heterocycles. The molecule has 0 aromatic rings. The first kappa shape index (κ1) is 14.4. The van der Waals surface area contributed by atoms with Gasteiger partial charge in [0.2, 0.25) is 6.54 Å². The maximum Gasteiger partial charge on any atom is 1.00 e. The van der Waals surface area contributed by atoms with E-state index in [0.29, 0.717) is 0 Å². The molecule has 0 aromatic heterocycles. The zero-order valence-electron chi connectivity index (χ0n) is 7.28. The molecule has 5 nitrogen and oxygen atoms in total. The van der Waals surface area contributed by atoms with Gasteiger partial charge in [-0.1, -0.05) is 25.6 Å². The molecule has 1 atom stereocenters. The third-order valence-electron chi connectivity index (χ3n) is 1.43. The molecule has 0 bridgehead atoms. The first-order chi connectivity index (χ1) is 4.88. The van der Waals surface area contributed by atoms with Gasteiger partial charge in [-0.15, -0.1) is 0 Å². The zero-order valence-corrected chi connectivity index (χ0v) is 8.77. The van der Waals surface area contributed by atoms with Crippen LogP contribution in [0.1, 0.15) is 20.8 Å². The van der Waals surface area contributed by atoms with Crippen molar-refractivity contribution in [1.29, 1.82) is 0 Å². The Hall–Kier alpha value is -0.0997. The number of aliphatic hydroxyl groups is 1. The Bertz CT molecular complexity index is 155. The minimum absolute atomic E-state index is 0. The summed E-state index contributed by atoms with van der Waals surface area (Å²) in [7, 11) is 0. The Morgan fingerprint density at radius 3 is 2.17 bits per heavy atom. The average Bonchev–Trinajstić information content (AvgIpc) is 1.85. The van der Waals surface area contributed by atoms with Crippen LogP contribution in [0.25, 0.3) is 0 Å². The number of hydrogen-bond donors (Lipinski definition) is 2. The summed E-state index contributed by atoms with van der Waals surface area (Å²) in [5.41, 5.74) is -0.368. The smallest absolute Gasteiger partial charge is 0.597 e. The monoisotopic (exact) mass is 269 g/mol. The van der Waals surface area contributed by atoms with Crippen molar-refractivity contribution in [2.75, 3.05) is 6.54 Å². The molecular weight excluding hydrogens is 256 g/mol. The van der Waals surface area contributed by atoms with Gasteiger partial charge in [0.05, 0.1) is 0 Å². The van der Waals surface area contributed by atoms with Gasteiger partial charge in [-0.25, -0.2) is 0 Å². The maximum absolute atomic E-state index is 10.4. The number of nitrogens with zero attached hydrogens (tertiary/aromatic N) is 2. The normalized spacial score (nSPS) is 15.2. The van der Waals surface area contributed by atoms with Gasteiger partial charge in [-0.05, 0) is 5.41 Å². The van der Waals surface area contributed by atoms with E-state index in [0.717, 1.165) is 0 Å². The van der Waals surface area contributed by atoms with Gasteiger partial charge in [0.1, 0.15) is 6.10 Å². The van der Waals surface area contributed by atoms with Crippen molar-refractivity contribution >= 4 is 0 Å². The summed E-state index contributed by atoms with van der Waals surface area (Å²) >= 11 is 0. The molecule has 6 heteroatoms. The van der Waals surface area contributed by atoms with E-state index in [1.807, 2.05) is 0 Å². The van der Waals surface area contributed by atoms with E-state index < -0.39 is 6.10 Å². The van der Waals surface area contributed by atoms with Crippen molar-refractivity contribution in [3.05, 3.63) is 5.21 Å². The number of hydrogen-bond acceptors (Lipinski definition) is 3. The van der Waals surface area contributed by atoms with Crippen LogP contribution < -0.4 is 0 Å². The van der Waals surface area contributed by atoms with Crippen LogP contribution in [0.2, 0.25) is 0 Å². The van der Waals surface area contributed by atoms with Gasteiger partial charge in [0, 0.05) is 0 Å². The van der Waals surface area contributed by atoms with Crippen LogP contribution in [0.3, 0.4) is 0 Å². The van der Waals surface area contributed by atoms with Crippen LogP contribution in [-0.4, -0.2) is 27.8 Å². The van der Waals surface area contributed by atoms with Crippen LogP contribution in [0, 0.1) is 10.6 Å². The van der Waals surface area contributed by atoms with Crippen LogP contribution in [-0.2, 0) is 22.4 Å². The van der Waals surface area contributed by atoms with Crippen molar-refractivity contribution in [2.45, 2.75) is 26.9 Å². The predicted molar refractivity (Wildman–Crippen MR) is 38.2 cm³/mol. The van der Waals surface area contributed by atoms with Gasteiger partial charge in [-0.3, -0.25) is 0 Å². The Morgan fingerprint density at radius 1 is 1.50 bits per heavy atom. The minimum atomic E-state index is -0.795. The van der Waals surface area contributed by atoms with Gasteiger partial charge in [0.25, 0.3) is 0 Å². The summed E-state index contributed by atoms with van der Waals surface area (Å²) < 4.78 is 0. The number of aliphatic hydroxyl groups excluding tert-OH is 1. The second-order valence-electron chi connectivity index (χ2n) is 3.51. The van der Waals surface area contributed by atoms with Crippen LogP contribution in [0.5, 0.6) is 0 Å². The van der Waals surface area contributed by atoms with E-state index in [1.165, 1.54) is 0 Å². The zero-order chi connectivity index (χ0) is 9.07. The van der Waals surface area contributed by atoms with Crippen molar-refractivity contribution < 1.29 is 37.6 Å². The Labute approximate surface area is 87.1 Å². The maximum atomic E-state index is 10.4. The SMILES string of the molecule is CC(C)(C)C(O)C[N+]([O-])=NO.[Ag+]. The van der Waals surface area contributed by atoms with Gasteiger partial charge in [-0.2, -0.15) is 0 Å². The van der Waals surface area contributed by atoms with Crippen molar-refractivity contribution in [2.24, 2.45) is 10.7 Å². The summed E-state index contributed by atoms with van der Waals surface area (Å²) in [6, 6.07) is 0. The molecule has 0 aliphatic rings. The molecule has 0 saturated carbocycles. The average molecular weight is 270 g/mol. The molecule has 0 amide bonds. The standard InChI is InChI=1S/C6H14N2O3.Ag/c1-6(2,3)5(9)4-8(11)7-10;/h5,9-10H,4H2,1-3H3;/q;+1. The molecule has 0 aliphatic carbocycles. The number of rotatable bonds is 2. The molecular formula is C6H14AgN2O3+. The van der Waals surface area contributed by atoms with Gasteiger partial charge >= 0.3 is 22.4 Å². The third kappa shape index (κ3) is 5.54. The van der Waals surface area contributed by atoms with Crippen LogP contribution in [0.4, 0.5) is 0 Å². The van der Waals surface area contributed by atoms with E-state index in [1.54, 1.807) is 20.8 Å². The fourth-order valence-corrected chi connectivity index (χ4v) is 0.458. The quantitative estimate of drug-likeness (QED) is 0.336. The molecule has 0 spiro atoms. The second-order valence-corrected chi connectivity index (χ2v) is 3.51. The summed E-state index contributed by atoms with van der Waals surface area (Å²) in [6.45, 7) is 5.18. The summed E-state index contributed by atoms with van der Waals surface area (Å²) in [6.07, 6.45) is -0.795. The molecule has 0 radical (unpaired) electrons. The van der Waals surface area contributed by atoms with Crippen molar-refractivity contribution in [3.8, 4) is 0 Å². The van der Waals surface area contributed by atoms with Gasteiger partial charge < -0.3 is 15.5 Å². The topological polar surface area (TPSA) is 78.9 Å². The third-order valence-corrected chi connectivity index (χ3v) is 1.43. The predicted octanol–water partition coefficient (Wildman–Crippen LogP) is 0.743. The Kier molecular flexibility index (Phi) is 6.65. The van der Waals surface area contributed by atoms with E-state index in [-0.39, 0.29) is 39.2 Å². The van der Waals surface area contributed by atoms with Crippen LogP contribution >= 0.6 is 0 Å². The molecule has 0 fully saturated rings. The first-order valence-electron chi connectivity index (χ1n) is 3.35. The molecule has 0 aromatic carbocycles. The number of hydroxylamine groups is 1. The van der Waals surface area contributed by atoms with E-state index in [9.17, 15) is 10.3 Å². The molecule has 0 rings (SSSR count). The second kappa shape index (κ2) is 5.53. The Morgan fingerprint density at radius 2 is 1.92 bits per heavy atom. The Balaban J connectivity index is 0. The molecule has 12 heavy (non-hydrogen) atoms.